The van der Waals surface area contributed by atoms with Gasteiger partial charge in [0.2, 0.25) is 0 Å². The van der Waals surface area contributed by atoms with E-state index in [1.165, 1.54) is 0 Å². The molecule has 13 heavy (non-hydrogen) atoms. The van der Waals surface area contributed by atoms with Gasteiger partial charge < -0.3 is 0 Å². The van der Waals surface area contributed by atoms with Gasteiger partial charge in [-0.15, -0.1) is 0 Å². The summed E-state index contributed by atoms with van der Waals surface area (Å²) in [6, 6.07) is 0. The monoisotopic (exact) mass is 204 g/mol. The van der Waals surface area contributed by atoms with Crippen molar-refractivity contribution in [2.75, 3.05) is 6.26 Å². The molecule has 2 bridgehead atoms. The molecule has 2 aliphatic carbocycles. The standard InChI is InChI=1S/C8H12O4S/c1-13(10,11)12-8-3-2-6(5-8)4-7(8)9/h6H,2-5H2,1H3. The summed E-state index contributed by atoms with van der Waals surface area (Å²) in [7, 11) is -3.51. The summed E-state index contributed by atoms with van der Waals surface area (Å²) in [6.45, 7) is 0. The van der Waals surface area contributed by atoms with E-state index in [2.05, 4.69) is 0 Å². The Balaban J connectivity index is 2.25. The molecule has 0 aliphatic heterocycles. The second kappa shape index (κ2) is 2.54. The van der Waals surface area contributed by atoms with Crippen molar-refractivity contribution in [1.82, 2.24) is 0 Å². The van der Waals surface area contributed by atoms with Gasteiger partial charge in [-0.05, 0) is 25.2 Å². The molecule has 0 amide bonds. The predicted molar refractivity (Wildman–Crippen MR) is 45.6 cm³/mol. The molecule has 2 aliphatic rings. The first-order chi connectivity index (χ1) is 5.91. The van der Waals surface area contributed by atoms with Gasteiger partial charge in [-0.25, -0.2) is 0 Å². The molecule has 0 saturated heterocycles. The fraction of sp³-hybridized carbons (Fsp3) is 0.875. The minimum absolute atomic E-state index is 0.0332. The lowest BCUT2D eigenvalue weighted by atomic mass is 9.96. The number of Topliss-reactive ketones (excluding diaryl/α,β-unsaturated/α-hetero) is 1. The predicted octanol–water partition coefficient (Wildman–Crippen LogP) is 0.474. The quantitative estimate of drug-likeness (QED) is 0.614. The third-order valence-electron chi connectivity index (χ3n) is 2.87. The van der Waals surface area contributed by atoms with Crippen molar-refractivity contribution < 1.29 is 17.4 Å². The molecule has 5 heteroatoms. The highest BCUT2D eigenvalue weighted by atomic mass is 32.2. The number of carbonyl (C=O) groups is 1. The van der Waals surface area contributed by atoms with Crippen LogP contribution in [0.5, 0.6) is 0 Å². The number of hydrogen-bond donors (Lipinski definition) is 0. The molecule has 0 heterocycles. The zero-order valence-electron chi connectivity index (χ0n) is 7.45. The number of carbonyl (C=O) groups excluding carboxylic acids is 1. The minimum atomic E-state index is -3.51. The topological polar surface area (TPSA) is 60.4 Å². The molecule has 4 nitrogen and oxygen atoms in total. The summed E-state index contributed by atoms with van der Waals surface area (Å²) in [6.07, 6.45) is 3.58. The van der Waals surface area contributed by atoms with Crippen LogP contribution < -0.4 is 0 Å². The van der Waals surface area contributed by atoms with E-state index in [1.54, 1.807) is 0 Å². The van der Waals surface area contributed by atoms with Gasteiger partial charge in [0.05, 0.1) is 6.26 Å². The van der Waals surface area contributed by atoms with Gasteiger partial charge >= 0.3 is 0 Å². The number of hydrogen-bond acceptors (Lipinski definition) is 4. The Morgan fingerprint density at radius 1 is 1.54 bits per heavy atom. The average Bonchev–Trinajstić information content (AvgIpc) is 2.39. The fourth-order valence-electron chi connectivity index (χ4n) is 2.40. The van der Waals surface area contributed by atoms with Gasteiger partial charge in [0, 0.05) is 6.42 Å². The van der Waals surface area contributed by atoms with Gasteiger partial charge in [0.15, 0.2) is 5.78 Å². The van der Waals surface area contributed by atoms with Crippen LogP contribution in [0.3, 0.4) is 0 Å². The molecule has 0 spiro atoms. The Morgan fingerprint density at radius 3 is 2.62 bits per heavy atom. The zero-order chi connectivity index (χ0) is 9.69. The van der Waals surface area contributed by atoms with Gasteiger partial charge in [-0.2, -0.15) is 8.42 Å². The average molecular weight is 204 g/mol. The first-order valence-electron chi connectivity index (χ1n) is 4.35. The molecule has 2 unspecified atom stereocenters. The van der Waals surface area contributed by atoms with Crippen molar-refractivity contribution in [3.05, 3.63) is 0 Å². The lowest BCUT2D eigenvalue weighted by Gasteiger charge is -2.23. The van der Waals surface area contributed by atoms with E-state index < -0.39 is 15.7 Å². The second-order valence-corrected chi connectivity index (χ2v) is 5.59. The van der Waals surface area contributed by atoms with Gasteiger partial charge in [0.25, 0.3) is 10.1 Å². The first kappa shape index (κ1) is 9.15. The van der Waals surface area contributed by atoms with Crippen LogP contribution in [0.4, 0.5) is 0 Å². The van der Waals surface area contributed by atoms with E-state index in [1.807, 2.05) is 0 Å². The fourth-order valence-corrected chi connectivity index (χ4v) is 3.22. The molecule has 2 fully saturated rings. The Bertz CT molecular complexity index is 345. The van der Waals surface area contributed by atoms with Gasteiger partial charge in [-0.1, -0.05) is 0 Å². The molecule has 0 aromatic heterocycles. The molecule has 2 atom stereocenters. The van der Waals surface area contributed by atoms with Crippen molar-refractivity contribution in [2.24, 2.45) is 5.92 Å². The summed E-state index contributed by atoms with van der Waals surface area (Å²) in [5, 5.41) is 0. The maximum atomic E-state index is 11.4. The second-order valence-electron chi connectivity index (χ2n) is 4.02. The van der Waals surface area contributed by atoms with Crippen LogP contribution in [0.15, 0.2) is 0 Å². The van der Waals surface area contributed by atoms with Crippen molar-refractivity contribution in [2.45, 2.75) is 31.3 Å². The molecule has 2 saturated carbocycles. The minimum Gasteiger partial charge on any atom is -0.296 e. The number of fused-ring (bicyclic) bond motifs is 2. The SMILES string of the molecule is CS(=O)(=O)OC12CCC(CC1=O)C2. The van der Waals surface area contributed by atoms with Crippen LogP contribution in [0.1, 0.15) is 25.7 Å². The highest BCUT2D eigenvalue weighted by Crippen LogP contribution is 2.48. The van der Waals surface area contributed by atoms with Crippen molar-refractivity contribution in [1.29, 1.82) is 0 Å². The van der Waals surface area contributed by atoms with Crippen LogP contribution >= 0.6 is 0 Å². The Labute approximate surface area is 77.4 Å². The Morgan fingerprint density at radius 2 is 2.23 bits per heavy atom. The molecular formula is C8H12O4S. The molecular weight excluding hydrogens is 192 g/mol. The molecule has 2 rings (SSSR count). The van der Waals surface area contributed by atoms with Crippen LogP contribution in [0.25, 0.3) is 0 Å². The van der Waals surface area contributed by atoms with E-state index in [0.717, 1.165) is 12.7 Å². The summed E-state index contributed by atoms with van der Waals surface area (Å²) < 4.78 is 26.8. The van der Waals surface area contributed by atoms with Crippen molar-refractivity contribution in [3.63, 3.8) is 0 Å². The van der Waals surface area contributed by atoms with Crippen LogP contribution in [-0.2, 0) is 19.1 Å². The Kier molecular flexibility index (Phi) is 1.79. The number of ketones is 1. The third kappa shape index (κ3) is 1.50. The van der Waals surface area contributed by atoms with E-state index in [4.69, 9.17) is 4.18 Å². The number of rotatable bonds is 2. The van der Waals surface area contributed by atoms with E-state index in [-0.39, 0.29) is 5.78 Å². The van der Waals surface area contributed by atoms with Crippen LogP contribution in [0, 0.1) is 5.92 Å². The maximum Gasteiger partial charge on any atom is 0.265 e. The smallest absolute Gasteiger partial charge is 0.265 e. The first-order valence-corrected chi connectivity index (χ1v) is 6.17. The molecule has 0 aromatic carbocycles. The lowest BCUT2D eigenvalue weighted by Crippen LogP contribution is -2.37. The van der Waals surface area contributed by atoms with Gasteiger partial charge in [0.1, 0.15) is 5.60 Å². The highest BCUT2D eigenvalue weighted by molar-refractivity contribution is 7.86. The summed E-state index contributed by atoms with van der Waals surface area (Å²) in [5.41, 5.74) is -0.974. The molecule has 0 N–H and O–H groups in total. The largest absolute Gasteiger partial charge is 0.296 e. The maximum absolute atomic E-state index is 11.4. The summed E-state index contributed by atoms with van der Waals surface area (Å²) >= 11 is 0. The van der Waals surface area contributed by atoms with E-state index >= 15 is 0 Å². The normalized spacial score (nSPS) is 38.5. The molecule has 0 aromatic rings. The lowest BCUT2D eigenvalue weighted by molar-refractivity contribution is -0.131. The van der Waals surface area contributed by atoms with E-state index in [9.17, 15) is 13.2 Å². The zero-order valence-corrected chi connectivity index (χ0v) is 8.26. The van der Waals surface area contributed by atoms with Crippen LogP contribution in [-0.4, -0.2) is 26.1 Å². The van der Waals surface area contributed by atoms with Crippen molar-refractivity contribution in [3.8, 4) is 0 Å². The third-order valence-corrected chi connectivity index (χ3v) is 3.49. The summed E-state index contributed by atoms with van der Waals surface area (Å²) in [5.74, 6) is 0.323. The van der Waals surface area contributed by atoms with Gasteiger partial charge in [-0.3, -0.25) is 8.98 Å². The highest BCUT2D eigenvalue weighted by Gasteiger charge is 2.54. The summed E-state index contributed by atoms with van der Waals surface area (Å²) in [4.78, 5) is 11.4. The van der Waals surface area contributed by atoms with Crippen LogP contribution in [0.2, 0.25) is 0 Å². The molecule has 74 valence electrons. The Hall–Kier alpha value is -0.420. The van der Waals surface area contributed by atoms with E-state index in [0.29, 0.717) is 25.2 Å². The van der Waals surface area contributed by atoms with Crippen molar-refractivity contribution >= 4 is 15.9 Å². The molecule has 0 radical (unpaired) electrons.